The van der Waals surface area contributed by atoms with Gasteiger partial charge in [0.1, 0.15) is 34.5 Å². The number of hydrogen-bond donors (Lipinski definition) is 0. The highest BCUT2D eigenvalue weighted by molar-refractivity contribution is 7.43. The van der Waals surface area contributed by atoms with Crippen molar-refractivity contribution in [2.24, 2.45) is 0 Å². The molecule has 6 rings (SSSR count). The van der Waals surface area contributed by atoms with E-state index < -0.39 is 17.2 Å². The van der Waals surface area contributed by atoms with Crippen LogP contribution in [0.2, 0.25) is 0 Å². The summed E-state index contributed by atoms with van der Waals surface area (Å²) in [5.74, 6) is 3.83. The summed E-state index contributed by atoms with van der Waals surface area (Å²) in [7, 11) is -3.83. The molecule has 0 bridgehead atoms. The standard InChI is InChI=1S/C40H36O6P2/c1-29-25-31(3)39(45-47(41-33-17-9-5-10-18-33)42-34-19-11-6-12-20-34)37(27-29)38-28-30(2)26-32(4)40(38)46-48(43-35-21-13-7-14-22-35)44-36-23-15-8-16-24-36/h5-28H,1-4H3. The lowest BCUT2D eigenvalue weighted by molar-refractivity contribution is 0.384. The highest BCUT2D eigenvalue weighted by atomic mass is 31.2. The number of hydrogen-bond acceptors (Lipinski definition) is 6. The third kappa shape index (κ3) is 8.66. The van der Waals surface area contributed by atoms with Gasteiger partial charge in [0.25, 0.3) is 0 Å². The van der Waals surface area contributed by atoms with Crippen LogP contribution < -0.4 is 27.1 Å². The van der Waals surface area contributed by atoms with Crippen molar-refractivity contribution >= 4 is 17.2 Å². The van der Waals surface area contributed by atoms with E-state index in [4.69, 9.17) is 27.1 Å². The zero-order valence-electron chi connectivity index (χ0n) is 27.2. The van der Waals surface area contributed by atoms with E-state index in [9.17, 15) is 0 Å². The van der Waals surface area contributed by atoms with Gasteiger partial charge >= 0.3 is 17.2 Å². The molecule has 0 saturated carbocycles. The van der Waals surface area contributed by atoms with Crippen LogP contribution in [0, 0.1) is 27.7 Å². The maximum atomic E-state index is 6.73. The molecule has 0 radical (unpaired) electrons. The first-order valence-corrected chi connectivity index (χ1v) is 17.7. The van der Waals surface area contributed by atoms with E-state index in [1.807, 2.05) is 135 Å². The average molecular weight is 675 g/mol. The lowest BCUT2D eigenvalue weighted by atomic mass is 9.95. The Morgan fingerprint density at radius 3 is 0.875 bits per heavy atom. The van der Waals surface area contributed by atoms with Crippen LogP contribution in [0.15, 0.2) is 146 Å². The molecule has 0 aliphatic carbocycles. The first-order chi connectivity index (χ1) is 23.4. The SMILES string of the molecule is Cc1cc(C)c(OP(Oc2ccccc2)Oc2ccccc2)c(-c2cc(C)cc(C)c2OP(Oc2ccccc2)Oc2ccccc2)c1. The highest BCUT2D eigenvalue weighted by Crippen LogP contribution is 2.51. The number of benzene rings is 6. The summed E-state index contributed by atoms with van der Waals surface area (Å²) in [4.78, 5) is 0. The number of aryl methyl sites for hydroxylation is 4. The Morgan fingerprint density at radius 1 is 0.333 bits per heavy atom. The molecule has 0 saturated heterocycles. The molecule has 6 aromatic rings. The van der Waals surface area contributed by atoms with Gasteiger partial charge in [-0.05, 0) is 111 Å². The number of rotatable bonds is 13. The van der Waals surface area contributed by atoms with E-state index in [0.29, 0.717) is 34.5 Å². The molecule has 0 spiro atoms. The normalized spacial score (nSPS) is 10.9. The fraction of sp³-hybridized carbons (Fsp3) is 0.100. The predicted octanol–water partition coefficient (Wildman–Crippen LogP) is 12.1. The molecule has 6 nitrogen and oxygen atoms in total. The fourth-order valence-corrected chi connectivity index (χ4v) is 7.26. The van der Waals surface area contributed by atoms with Gasteiger partial charge in [-0.3, -0.25) is 0 Å². The summed E-state index contributed by atoms with van der Waals surface area (Å²) >= 11 is 0. The second-order valence-electron chi connectivity index (χ2n) is 11.2. The van der Waals surface area contributed by atoms with Crippen molar-refractivity contribution in [1.82, 2.24) is 0 Å². The van der Waals surface area contributed by atoms with Crippen molar-refractivity contribution in [3.05, 3.63) is 168 Å². The van der Waals surface area contributed by atoms with Crippen LogP contribution >= 0.6 is 17.2 Å². The summed E-state index contributed by atoms with van der Waals surface area (Å²) in [6.45, 7) is 8.18. The maximum absolute atomic E-state index is 6.73. The highest BCUT2D eigenvalue weighted by Gasteiger charge is 2.28. The van der Waals surface area contributed by atoms with E-state index in [0.717, 1.165) is 33.4 Å². The Kier molecular flexibility index (Phi) is 10.8. The van der Waals surface area contributed by atoms with Gasteiger partial charge in [0.2, 0.25) is 0 Å². The van der Waals surface area contributed by atoms with Crippen molar-refractivity contribution in [1.29, 1.82) is 0 Å². The summed E-state index contributed by atoms with van der Waals surface area (Å²) in [5.41, 5.74) is 5.67. The van der Waals surface area contributed by atoms with Crippen LogP contribution in [0.5, 0.6) is 34.5 Å². The molecule has 0 heterocycles. The smallest absolute Gasteiger partial charge is 0.409 e. The van der Waals surface area contributed by atoms with Crippen molar-refractivity contribution in [2.75, 3.05) is 0 Å². The topological polar surface area (TPSA) is 55.4 Å². The fourth-order valence-electron chi connectivity index (χ4n) is 5.08. The average Bonchev–Trinajstić information content (AvgIpc) is 3.08. The molecular weight excluding hydrogens is 638 g/mol. The van der Waals surface area contributed by atoms with Gasteiger partial charge in [-0.2, -0.15) is 0 Å². The molecule has 6 aromatic carbocycles. The van der Waals surface area contributed by atoms with Crippen LogP contribution in [0.3, 0.4) is 0 Å². The van der Waals surface area contributed by atoms with Crippen molar-refractivity contribution in [3.63, 3.8) is 0 Å². The minimum absolute atomic E-state index is 0.630. The molecule has 48 heavy (non-hydrogen) atoms. The Morgan fingerprint density at radius 2 is 0.604 bits per heavy atom. The molecular formula is C40H36O6P2. The Labute approximate surface area is 284 Å². The second-order valence-corrected chi connectivity index (χ2v) is 13.2. The molecule has 0 aromatic heterocycles. The predicted molar refractivity (Wildman–Crippen MR) is 194 cm³/mol. The largest absolute Gasteiger partial charge is 0.530 e. The summed E-state index contributed by atoms with van der Waals surface area (Å²) in [6, 6.07) is 46.5. The Hall–Kier alpha value is -5.02. The molecule has 0 atom stereocenters. The van der Waals surface area contributed by atoms with Crippen LogP contribution in [0.1, 0.15) is 22.3 Å². The quantitative estimate of drug-likeness (QED) is 0.114. The van der Waals surface area contributed by atoms with E-state index in [1.165, 1.54) is 0 Å². The van der Waals surface area contributed by atoms with E-state index >= 15 is 0 Å². The van der Waals surface area contributed by atoms with Gasteiger partial charge in [-0.15, -0.1) is 0 Å². The van der Waals surface area contributed by atoms with Crippen molar-refractivity contribution < 1.29 is 27.1 Å². The van der Waals surface area contributed by atoms with E-state index in [1.54, 1.807) is 0 Å². The molecule has 0 amide bonds. The molecule has 0 aliphatic rings. The van der Waals surface area contributed by atoms with Crippen LogP contribution in [0.4, 0.5) is 0 Å². The third-order valence-corrected chi connectivity index (χ3v) is 9.26. The van der Waals surface area contributed by atoms with Gasteiger partial charge in [0.05, 0.1) is 0 Å². The van der Waals surface area contributed by atoms with Gasteiger partial charge in [-0.1, -0.05) is 84.9 Å². The summed E-state index contributed by atoms with van der Waals surface area (Å²) < 4.78 is 38.8. The van der Waals surface area contributed by atoms with Crippen LogP contribution in [0.25, 0.3) is 11.1 Å². The Balaban J connectivity index is 1.41. The molecule has 0 unspecified atom stereocenters. The minimum atomic E-state index is -1.92. The zero-order chi connectivity index (χ0) is 33.3. The Bertz CT molecular complexity index is 1700. The minimum Gasteiger partial charge on any atom is -0.409 e. The molecule has 242 valence electrons. The van der Waals surface area contributed by atoms with Crippen LogP contribution in [-0.2, 0) is 0 Å². The third-order valence-electron chi connectivity index (χ3n) is 7.15. The van der Waals surface area contributed by atoms with Gasteiger partial charge in [-0.25, -0.2) is 0 Å². The zero-order valence-corrected chi connectivity index (χ0v) is 29.0. The monoisotopic (exact) mass is 674 g/mol. The first kappa shape index (κ1) is 32.9. The van der Waals surface area contributed by atoms with Crippen LogP contribution in [-0.4, -0.2) is 0 Å². The maximum Gasteiger partial charge on any atom is 0.530 e. The second kappa shape index (κ2) is 15.7. The lowest BCUT2D eigenvalue weighted by Gasteiger charge is -2.24. The molecule has 0 aliphatic heterocycles. The first-order valence-electron chi connectivity index (χ1n) is 15.5. The van der Waals surface area contributed by atoms with Gasteiger partial charge < -0.3 is 27.1 Å². The van der Waals surface area contributed by atoms with Crippen molar-refractivity contribution in [2.45, 2.75) is 27.7 Å². The lowest BCUT2D eigenvalue weighted by Crippen LogP contribution is -2.06. The molecule has 8 heteroatoms. The van der Waals surface area contributed by atoms with E-state index in [2.05, 4.69) is 38.1 Å². The molecule has 0 N–H and O–H groups in total. The summed E-state index contributed by atoms with van der Waals surface area (Å²) in [5, 5.41) is 0. The molecule has 0 fully saturated rings. The van der Waals surface area contributed by atoms with Gasteiger partial charge in [0.15, 0.2) is 0 Å². The van der Waals surface area contributed by atoms with Gasteiger partial charge in [0, 0.05) is 11.1 Å². The summed E-state index contributed by atoms with van der Waals surface area (Å²) in [6.07, 6.45) is 0. The van der Waals surface area contributed by atoms with Crippen molar-refractivity contribution in [3.8, 4) is 45.6 Å². The number of para-hydroxylation sites is 4. The van der Waals surface area contributed by atoms with E-state index in [-0.39, 0.29) is 0 Å².